The fourth-order valence-electron chi connectivity index (χ4n) is 2.08. The number of hydrogen-bond donors (Lipinski definition) is 1. The van der Waals surface area contributed by atoms with E-state index in [0.29, 0.717) is 16.7 Å². The zero-order chi connectivity index (χ0) is 13.3. The van der Waals surface area contributed by atoms with E-state index in [0.717, 1.165) is 10.6 Å². The molecule has 1 fully saturated rings. The normalized spacial score (nSPS) is 26.4. The number of rotatable bonds is 3. The van der Waals surface area contributed by atoms with Crippen molar-refractivity contribution in [1.82, 2.24) is 4.31 Å². The van der Waals surface area contributed by atoms with Crippen LogP contribution in [0.3, 0.4) is 0 Å². The molecule has 2 unspecified atom stereocenters. The Kier molecular flexibility index (Phi) is 4.38. The molecule has 1 aliphatic rings. The largest absolute Gasteiger partial charge is 0.326 e. The van der Waals surface area contributed by atoms with Gasteiger partial charge in [0.15, 0.2) is 0 Å². The molecule has 1 aliphatic heterocycles. The van der Waals surface area contributed by atoms with Gasteiger partial charge in [0.25, 0.3) is 0 Å². The zero-order valence-electron chi connectivity index (χ0n) is 10.5. The first-order valence-electron chi connectivity index (χ1n) is 5.88. The van der Waals surface area contributed by atoms with Crippen LogP contribution in [0.5, 0.6) is 0 Å². The molecule has 1 saturated heterocycles. The summed E-state index contributed by atoms with van der Waals surface area (Å²) in [6, 6.07) is 1.70. The van der Waals surface area contributed by atoms with E-state index < -0.39 is 10.0 Å². The van der Waals surface area contributed by atoms with Crippen LogP contribution in [0.4, 0.5) is 0 Å². The molecular formula is C11H18N2O2S3. The first-order valence-corrected chi connectivity index (χ1v) is 9.25. The van der Waals surface area contributed by atoms with Crippen LogP contribution in [-0.2, 0) is 16.6 Å². The lowest BCUT2D eigenvalue weighted by molar-refractivity contribution is 0.340. The molecule has 0 amide bonds. The van der Waals surface area contributed by atoms with E-state index >= 15 is 0 Å². The third kappa shape index (κ3) is 2.46. The van der Waals surface area contributed by atoms with Crippen LogP contribution in [0.2, 0.25) is 0 Å². The second kappa shape index (κ2) is 5.50. The molecule has 0 aromatic carbocycles. The van der Waals surface area contributed by atoms with Gasteiger partial charge in [-0.25, -0.2) is 8.42 Å². The summed E-state index contributed by atoms with van der Waals surface area (Å²) in [5.74, 6) is 0.854. The molecule has 1 aromatic rings. The van der Waals surface area contributed by atoms with Crippen LogP contribution >= 0.6 is 23.1 Å². The average molecular weight is 306 g/mol. The van der Waals surface area contributed by atoms with Crippen LogP contribution in [0, 0.1) is 0 Å². The maximum Gasteiger partial charge on any atom is 0.244 e. The molecule has 2 N–H and O–H groups in total. The van der Waals surface area contributed by atoms with Crippen molar-refractivity contribution in [3.8, 4) is 0 Å². The Bertz CT molecular complexity index is 512. The summed E-state index contributed by atoms with van der Waals surface area (Å²) in [7, 11) is -3.39. The van der Waals surface area contributed by atoms with Crippen LogP contribution in [0.1, 0.15) is 18.7 Å². The highest BCUT2D eigenvalue weighted by Crippen LogP contribution is 2.31. The summed E-state index contributed by atoms with van der Waals surface area (Å²) in [5.41, 5.74) is 5.61. The number of thioether (sulfide) groups is 1. The summed E-state index contributed by atoms with van der Waals surface area (Å²) >= 11 is 3.23. The third-order valence-corrected chi connectivity index (χ3v) is 7.78. The Morgan fingerprint density at radius 1 is 1.50 bits per heavy atom. The maximum absolute atomic E-state index is 12.7. The summed E-state index contributed by atoms with van der Waals surface area (Å²) in [6.07, 6.45) is 0. The zero-order valence-corrected chi connectivity index (χ0v) is 12.9. The van der Waals surface area contributed by atoms with Crippen LogP contribution in [0.25, 0.3) is 0 Å². The summed E-state index contributed by atoms with van der Waals surface area (Å²) in [5, 5.41) is 2.12. The number of hydrogen-bond acceptors (Lipinski definition) is 5. The highest BCUT2D eigenvalue weighted by Gasteiger charge is 2.36. The van der Waals surface area contributed by atoms with Gasteiger partial charge in [-0.15, -0.1) is 11.3 Å². The fraction of sp³-hybridized carbons (Fsp3) is 0.636. The van der Waals surface area contributed by atoms with E-state index in [9.17, 15) is 8.42 Å². The molecule has 0 radical (unpaired) electrons. The van der Waals surface area contributed by atoms with E-state index in [1.165, 1.54) is 11.3 Å². The number of thiophene rings is 1. The minimum atomic E-state index is -3.39. The Morgan fingerprint density at radius 2 is 2.22 bits per heavy atom. The standard InChI is InChI=1S/C11H18N2O2S3/c1-8-9(2)16-6-4-13(8)18(14,15)11-3-5-17-10(11)7-12/h3,5,8-9H,4,6-7,12H2,1-2H3. The van der Waals surface area contributed by atoms with Crippen LogP contribution in [0.15, 0.2) is 16.3 Å². The van der Waals surface area contributed by atoms with Crippen molar-refractivity contribution in [3.05, 3.63) is 16.3 Å². The smallest absolute Gasteiger partial charge is 0.244 e. The Balaban J connectivity index is 2.36. The summed E-state index contributed by atoms with van der Waals surface area (Å²) in [4.78, 5) is 1.13. The van der Waals surface area contributed by atoms with Gasteiger partial charge < -0.3 is 5.73 Å². The van der Waals surface area contributed by atoms with Crippen LogP contribution < -0.4 is 5.73 Å². The van der Waals surface area contributed by atoms with Gasteiger partial charge in [-0.3, -0.25) is 0 Å². The lowest BCUT2D eigenvalue weighted by Crippen LogP contribution is -2.47. The molecule has 2 heterocycles. The molecule has 2 rings (SSSR count). The topological polar surface area (TPSA) is 63.4 Å². The van der Waals surface area contributed by atoms with Gasteiger partial charge in [-0.1, -0.05) is 6.92 Å². The third-order valence-electron chi connectivity index (χ3n) is 3.30. The predicted octanol–water partition coefficient (Wildman–Crippen LogP) is 1.72. The molecular weight excluding hydrogens is 288 g/mol. The van der Waals surface area contributed by atoms with Gasteiger partial charge in [-0.05, 0) is 18.4 Å². The van der Waals surface area contributed by atoms with Crippen molar-refractivity contribution in [2.24, 2.45) is 5.73 Å². The van der Waals surface area contributed by atoms with Gasteiger partial charge in [0.2, 0.25) is 10.0 Å². The lowest BCUT2D eigenvalue weighted by Gasteiger charge is -2.36. The van der Waals surface area contributed by atoms with Gasteiger partial charge in [-0.2, -0.15) is 16.1 Å². The molecule has 1 aromatic heterocycles. The van der Waals surface area contributed by atoms with Crippen molar-refractivity contribution in [2.75, 3.05) is 12.3 Å². The molecule has 0 bridgehead atoms. The molecule has 2 atom stereocenters. The van der Waals surface area contributed by atoms with Gasteiger partial charge in [0.05, 0.1) is 4.90 Å². The first kappa shape index (κ1) is 14.3. The van der Waals surface area contributed by atoms with Gasteiger partial charge in [0, 0.05) is 35.0 Å². The summed E-state index contributed by atoms with van der Waals surface area (Å²) < 4.78 is 26.9. The number of nitrogens with two attached hydrogens (primary N) is 1. The predicted molar refractivity (Wildman–Crippen MR) is 77.5 cm³/mol. The van der Waals surface area contributed by atoms with E-state index in [-0.39, 0.29) is 12.6 Å². The highest BCUT2D eigenvalue weighted by atomic mass is 32.2. The summed E-state index contributed by atoms with van der Waals surface area (Å²) in [6.45, 7) is 4.91. The van der Waals surface area contributed by atoms with Crippen molar-refractivity contribution in [2.45, 2.75) is 36.6 Å². The number of sulfonamides is 1. The van der Waals surface area contributed by atoms with E-state index in [4.69, 9.17) is 5.73 Å². The second-order valence-electron chi connectivity index (χ2n) is 4.34. The Hall–Kier alpha value is -0.0800. The highest BCUT2D eigenvalue weighted by molar-refractivity contribution is 8.00. The van der Waals surface area contributed by atoms with Gasteiger partial charge >= 0.3 is 0 Å². The minimum Gasteiger partial charge on any atom is -0.326 e. The van der Waals surface area contributed by atoms with Crippen molar-refractivity contribution >= 4 is 33.1 Å². The number of nitrogens with zero attached hydrogens (tertiary/aromatic N) is 1. The molecule has 0 aliphatic carbocycles. The monoisotopic (exact) mass is 306 g/mol. The SMILES string of the molecule is CC1SCCN(S(=O)(=O)c2ccsc2CN)C1C. The average Bonchev–Trinajstić information content (AvgIpc) is 2.81. The molecule has 0 spiro atoms. The molecule has 0 saturated carbocycles. The maximum atomic E-state index is 12.7. The fourth-order valence-corrected chi connectivity index (χ4v) is 6.38. The molecule has 4 nitrogen and oxygen atoms in total. The van der Waals surface area contributed by atoms with E-state index in [2.05, 4.69) is 6.92 Å². The Labute approximate surface area is 117 Å². The Morgan fingerprint density at radius 3 is 2.89 bits per heavy atom. The van der Waals surface area contributed by atoms with Crippen molar-refractivity contribution in [1.29, 1.82) is 0 Å². The molecule has 7 heteroatoms. The van der Waals surface area contributed by atoms with E-state index in [1.807, 2.05) is 18.7 Å². The van der Waals surface area contributed by atoms with Crippen LogP contribution in [-0.4, -0.2) is 36.3 Å². The molecule has 102 valence electrons. The van der Waals surface area contributed by atoms with Crippen molar-refractivity contribution < 1.29 is 8.42 Å². The van der Waals surface area contributed by atoms with E-state index in [1.54, 1.807) is 15.8 Å². The van der Waals surface area contributed by atoms with Gasteiger partial charge in [0.1, 0.15) is 0 Å². The lowest BCUT2D eigenvalue weighted by atomic mass is 10.2. The first-order chi connectivity index (χ1) is 8.48. The quantitative estimate of drug-likeness (QED) is 0.923. The second-order valence-corrected chi connectivity index (χ2v) is 8.69. The minimum absolute atomic E-state index is 0.0271. The molecule has 18 heavy (non-hydrogen) atoms. The van der Waals surface area contributed by atoms with Crippen molar-refractivity contribution in [3.63, 3.8) is 0 Å².